The minimum atomic E-state index is -0.585. The lowest BCUT2D eigenvalue weighted by molar-refractivity contribution is -0.121. The lowest BCUT2D eigenvalue weighted by Crippen LogP contribution is -2.37. The van der Waals surface area contributed by atoms with Crippen LogP contribution in [0.15, 0.2) is 9.59 Å². The summed E-state index contributed by atoms with van der Waals surface area (Å²) in [6, 6.07) is 0. The molecule has 0 aliphatic carbocycles. The van der Waals surface area contributed by atoms with Crippen LogP contribution >= 0.6 is 0 Å². The molecular weight excluding hydrogens is 440 g/mol. The van der Waals surface area contributed by atoms with E-state index in [1.54, 1.807) is 20.8 Å². The second kappa shape index (κ2) is 11.8. The fraction of sp³-hybridized carbons (Fsp3) is 0.696. The molecule has 0 aliphatic rings. The van der Waals surface area contributed by atoms with Gasteiger partial charge in [-0.25, -0.2) is 14.6 Å². The summed E-state index contributed by atoms with van der Waals surface area (Å²) in [6.45, 7) is 12.9. The van der Waals surface area contributed by atoms with Crippen LogP contribution in [0.1, 0.15) is 66.6 Å². The normalized spacial score (nSPS) is 11.7. The van der Waals surface area contributed by atoms with Gasteiger partial charge in [-0.15, -0.1) is 0 Å². The highest BCUT2D eigenvalue weighted by molar-refractivity contribution is 5.76. The summed E-state index contributed by atoms with van der Waals surface area (Å²) in [4.78, 5) is 56.1. The highest BCUT2D eigenvalue weighted by Gasteiger charge is 2.20. The number of ether oxygens (including phenoxy) is 1. The number of H-pyrrole nitrogens is 1. The first-order valence-electron chi connectivity index (χ1n) is 11.9. The number of alkyl carbamates (subject to hydrolysis) is 1. The van der Waals surface area contributed by atoms with Crippen molar-refractivity contribution in [2.45, 2.75) is 85.9 Å². The number of nitrogens with zero attached hydrogens (tertiary/aromatic N) is 3. The van der Waals surface area contributed by atoms with Crippen LogP contribution in [0.3, 0.4) is 0 Å². The minimum absolute atomic E-state index is 0.158. The first-order chi connectivity index (χ1) is 15.9. The van der Waals surface area contributed by atoms with E-state index in [2.05, 4.69) is 20.6 Å². The summed E-state index contributed by atoms with van der Waals surface area (Å²) in [6.07, 6.45) is 1.62. The molecule has 0 saturated carbocycles. The molecule has 0 saturated heterocycles. The van der Waals surface area contributed by atoms with Gasteiger partial charge in [0.1, 0.15) is 11.4 Å². The van der Waals surface area contributed by atoms with E-state index in [0.29, 0.717) is 36.5 Å². The zero-order chi connectivity index (χ0) is 25.5. The molecule has 2 rings (SSSR count). The Kier molecular flexibility index (Phi) is 9.46. The van der Waals surface area contributed by atoms with Gasteiger partial charge in [-0.05, 0) is 33.1 Å². The zero-order valence-corrected chi connectivity index (χ0v) is 21.1. The van der Waals surface area contributed by atoms with Gasteiger partial charge in [0.2, 0.25) is 5.91 Å². The third-order valence-electron chi connectivity index (χ3n) is 4.94. The molecule has 0 fully saturated rings. The molecule has 0 unspecified atom stereocenters. The summed E-state index contributed by atoms with van der Waals surface area (Å²) >= 11 is 0. The monoisotopic (exact) mass is 478 g/mol. The number of fused-ring (bicyclic) bond motifs is 1. The maximum atomic E-state index is 12.6. The number of hydrogen-bond acceptors (Lipinski definition) is 6. The van der Waals surface area contributed by atoms with E-state index in [4.69, 9.17) is 4.74 Å². The Morgan fingerprint density at radius 2 is 1.79 bits per heavy atom. The van der Waals surface area contributed by atoms with Gasteiger partial charge in [0.05, 0.1) is 0 Å². The molecule has 11 nitrogen and oxygen atoms in total. The molecule has 0 atom stereocenters. The van der Waals surface area contributed by atoms with Crippen LogP contribution in [0, 0.1) is 5.92 Å². The van der Waals surface area contributed by atoms with E-state index in [9.17, 15) is 19.2 Å². The Morgan fingerprint density at radius 3 is 2.41 bits per heavy atom. The number of carbonyl (C=O) groups excluding carboxylic acids is 2. The summed E-state index contributed by atoms with van der Waals surface area (Å²) in [7, 11) is 0. The van der Waals surface area contributed by atoms with Crippen molar-refractivity contribution in [3.8, 4) is 0 Å². The Balaban J connectivity index is 2.10. The number of unbranched alkanes of at least 4 members (excludes halogenated alkanes) is 1. The van der Waals surface area contributed by atoms with Crippen molar-refractivity contribution in [3.63, 3.8) is 0 Å². The van der Waals surface area contributed by atoms with Crippen molar-refractivity contribution < 1.29 is 14.3 Å². The van der Waals surface area contributed by atoms with Crippen molar-refractivity contribution in [1.29, 1.82) is 0 Å². The van der Waals surface area contributed by atoms with Crippen molar-refractivity contribution in [2.75, 3.05) is 13.1 Å². The predicted molar refractivity (Wildman–Crippen MR) is 130 cm³/mol. The number of amides is 2. The lowest BCUT2D eigenvalue weighted by atomic mass is 10.2. The number of aromatic nitrogens is 4. The molecule has 0 aliphatic heterocycles. The van der Waals surface area contributed by atoms with Crippen molar-refractivity contribution >= 4 is 23.2 Å². The Hall–Kier alpha value is -3.11. The van der Waals surface area contributed by atoms with Gasteiger partial charge in [-0.1, -0.05) is 27.2 Å². The van der Waals surface area contributed by atoms with Crippen molar-refractivity contribution in [3.05, 3.63) is 26.7 Å². The van der Waals surface area contributed by atoms with Crippen molar-refractivity contribution in [1.82, 2.24) is 29.7 Å². The number of aromatic amines is 1. The van der Waals surface area contributed by atoms with Crippen LogP contribution < -0.4 is 21.9 Å². The number of hydrogen-bond donors (Lipinski definition) is 3. The molecule has 190 valence electrons. The number of rotatable bonds is 11. The molecule has 0 spiro atoms. The number of carbonyl (C=O) groups is 2. The van der Waals surface area contributed by atoms with Gasteiger partial charge in [0.15, 0.2) is 11.2 Å². The topological polar surface area (TPSA) is 140 Å². The lowest BCUT2D eigenvalue weighted by Gasteiger charge is -2.19. The molecule has 0 aromatic carbocycles. The standard InChI is InChI=1S/C23H38N6O5/c1-7-8-13-28-19-18(20(31)27-21(28)32)29(14-15(2)3)16(26-19)9-10-17(30)24-11-12-25-22(33)34-23(4,5)6/h15H,7-14H2,1-6H3,(H,24,30)(H,25,33)(H,27,31,32). The maximum absolute atomic E-state index is 12.6. The average Bonchev–Trinajstić information content (AvgIpc) is 3.06. The fourth-order valence-electron chi connectivity index (χ4n) is 3.49. The molecular formula is C23H38N6O5. The molecule has 0 bridgehead atoms. The van der Waals surface area contributed by atoms with Gasteiger partial charge >= 0.3 is 11.8 Å². The second-order valence-electron chi connectivity index (χ2n) is 9.75. The highest BCUT2D eigenvalue weighted by Crippen LogP contribution is 2.16. The van der Waals surface area contributed by atoms with Crippen LogP contribution in [-0.4, -0.2) is 49.8 Å². The first-order valence-corrected chi connectivity index (χ1v) is 11.9. The van der Waals surface area contributed by atoms with Gasteiger partial charge < -0.3 is 19.9 Å². The quantitative estimate of drug-likeness (QED) is 0.422. The van der Waals surface area contributed by atoms with E-state index in [-0.39, 0.29) is 31.3 Å². The van der Waals surface area contributed by atoms with Gasteiger partial charge in [-0.2, -0.15) is 0 Å². The van der Waals surface area contributed by atoms with Gasteiger partial charge in [-0.3, -0.25) is 19.1 Å². The van der Waals surface area contributed by atoms with E-state index in [1.165, 1.54) is 4.57 Å². The summed E-state index contributed by atoms with van der Waals surface area (Å²) < 4.78 is 8.47. The van der Waals surface area contributed by atoms with Crippen LogP contribution in [0.4, 0.5) is 4.79 Å². The largest absolute Gasteiger partial charge is 0.444 e. The Bertz CT molecular complexity index is 1110. The van der Waals surface area contributed by atoms with Crippen molar-refractivity contribution in [2.24, 2.45) is 5.92 Å². The maximum Gasteiger partial charge on any atom is 0.407 e. The second-order valence-corrected chi connectivity index (χ2v) is 9.75. The van der Waals surface area contributed by atoms with Crippen LogP contribution in [0.5, 0.6) is 0 Å². The van der Waals surface area contributed by atoms with Gasteiger partial charge in [0, 0.05) is 39.0 Å². The number of aryl methyl sites for hydroxylation is 2. The summed E-state index contributed by atoms with van der Waals surface area (Å²) in [5, 5.41) is 5.34. The average molecular weight is 479 g/mol. The number of nitrogens with one attached hydrogen (secondary N) is 3. The minimum Gasteiger partial charge on any atom is -0.444 e. The molecule has 2 aromatic heterocycles. The van der Waals surface area contributed by atoms with E-state index in [0.717, 1.165) is 12.8 Å². The van der Waals surface area contributed by atoms with E-state index >= 15 is 0 Å². The summed E-state index contributed by atoms with van der Waals surface area (Å²) in [5.41, 5.74) is -0.800. The van der Waals surface area contributed by atoms with E-state index in [1.807, 2.05) is 25.3 Å². The Labute approximate surface area is 199 Å². The smallest absolute Gasteiger partial charge is 0.407 e. The third-order valence-corrected chi connectivity index (χ3v) is 4.94. The molecule has 0 radical (unpaired) electrons. The predicted octanol–water partition coefficient (Wildman–Crippen LogP) is 1.92. The van der Waals surface area contributed by atoms with Crippen LogP contribution in [-0.2, 0) is 29.0 Å². The zero-order valence-electron chi connectivity index (χ0n) is 21.1. The van der Waals surface area contributed by atoms with Crippen LogP contribution in [0.2, 0.25) is 0 Å². The molecule has 11 heteroatoms. The van der Waals surface area contributed by atoms with E-state index < -0.39 is 22.9 Å². The molecule has 3 N–H and O–H groups in total. The first kappa shape index (κ1) is 27.1. The third kappa shape index (κ3) is 7.74. The summed E-state index contributed by atoms with van der Waals surface area (Å²) in [5.74, 6) is 0.623. The highest BCUT2D eigenvalue weighted by atomic mass is 16.6. The SMILES string of the molecule is CCCCn1c(=O)[nH]c(=O)c2c1nc(CCC(=O)NCCNC(=O)OC(C)(C)C)n2CC(C)C. The molecule has 2 heterocycles. The van der Waals surface area contributed by atoms with Gasteiger partial charge in [0.25, 0.3) is 5.56 Å². The Morgan fingerprint density at radius 1 is 1.12 bits per heavy atom. The van der Waals surface area contributed by atoms with Crippen LogP contribution in [0.25, 0.3) is 11.2 Å². The molecule has 34 heavy (non-hydrogen) atoms. The fourth-order valence-corrected chi connectivity index (χ4v) is 3.49. The molecule has 2 amide bonds. The molecule has 2 aromatic rings. The number of imidazole rings is 1.